The maximum absolute atomic E-state index is 16.5. The fourth-order valence-corrected chi connectivity index (χ4v) is 6.62. The molecule has 0 spiro atoms. The number of benzene rings is 1. The maximum Gasteiger partial charge on any atom is 0.248 e. The number of carbonyl (C=O) groups excluding carboxylic acids is 4. The predicted molar refractivity (Wildman–Crippen MR) is 184 cm³/mol. The molecule has 6 rings (SSSR count). The van der Waals surface area contributed by atoms with Crippen LogP contribution in [-0.4, -0.2) is 77.9 Å². The van der Waals surface area contributed by atoms with Gasteiger partial charge < -0.3 is 15.5 Å². The van der Waals surface area contributed by atoms with E-state index in [1.54, 1.807) is 38.4 Å². The van der Waals surface area contributed by atoms with Crippen LogP contribution in [-0.2, 0) is 27.3 Å². The second-order valence-corrected chi connectivity index (χ2v) is 13.5. The molecular formula is C35H36BrFN8O4. The van der Waals surface area contributed by atoms with Crippen LogP contribution in [0.3, 0.4) is 0 Å². The van der Waals surface area contributed by atoms with E-state index in [0.29, 0.717) is 46.2 Å². The highest BCUT2D eigenvalue weighted by Crippen LogP contribution is 2.34. The van der Waals surface area contributed by atoms with Crippen LogP contribution in [0.2, 0.25) is 0 Å². The summed E-state index contributed by atoms with van der Waals surface area (Å²) in [5, 5.41) is 10.6. The third kappa shape index (κ3) is 7.43. The van der Waals surface area contributed by atoms with Gasteiger partial charge in [-0.3, -0.25) is 23.9 Å². The zero-order valence-corrected chi connectivity index (χ0v) is 29.0. The van der Waals surface area contributed by atoms with Gasteiger partial charge in [0.1, 0.15) is 40.2 Å². The molecular weight excluding hydrogens is 695 g/mol. The molecule has 3 amide bonds. The first-order valence-corrected chi connectivity index (χ1v) is 16.9. The summed E-state index contributed by atoms with van der Waals surface area (Å²) in [6, 6.07) is 6.11. The minimum Gasteiger partial charge on any atom is -0.353 e. The number of allylic oxidation sites excluding steroid dienone is 2. The molecule has 4 aromatic rings. The van der Waals surface area contributed by atoms with Gasteiger partial charge in [0.05, 0.1) is 18.6 Å². The highest BCUT2D eigenvalue weighted by molar-refractivity contribution is 9.10. The molecule has 2 N–H and O–H groups in total. The molecule has 0 radical (unpaired) electrons. The number of hydrogen-bond donors (Lipinski definition) is 2. The SMILES string of the molecule is CC(=O)c1nn2c3c(cc(-c4cnc(C)nc4)cc13)CC=CCCCC(=O)NC[C@@]1(F)C[C@@H](C(=O)Nc3nc(Br)ccc3C)N(C1)C(=O)C2. The summed E-state index contributed by atoms with van der Waals surface area (Å²) >= 11 is 3.31. The molecule has 14 heteroatoms. The number of fused-ring (bicyclic) bond motifs is 2. The van der Waals surface area contributed by atoms with Crippen molar-refractivity contribution < 1.29 is 23.6 Å². The number of ketones is 1. The second-order valence-electron chi connectivity index (χ2n) is 12.6. The molecule has 254 valence electrons. The van der Waals surface area contributed by atoms with Crippen molar-refractivity contribution in [3.63, 3.8) is 0 Å². The van der Waals surface area contributed by atoms with Crippen LogP contribution in [0.15, 0.2) is 53.4 Å². The molecule has 0 saturated carbocycles. The quantitative estimate of drug-likeness (QED) is 0.172. The predicted octanol–water partition coefficient (Wildman–Crippen LogP) is 4.82. The van der Waals surface area contributed by atoms with E-state index < -0.39 is 30.1 Å². The Morgan fingerprint density at radius 3 is 2.63 bits per heavy atom. The van der Waals surface area contributed by atoms with Gasteiger partial charge in [-0.15, -0.1) is 0 Å². The summed E-state index contributed by atoms with van der Waals surface area (Å²) in [6.45, 7) is 3.86. The minimum absolute atomic E-state index is 0.187. The zero-order valence-electron chi connectivity index (χ0n) is 27.4. The third-order valence-corrected chi connectivity index (χ3v) is 9.30. The van der Waals surface area contributed by atoms with Crippen LogP contribution in [0.1, 0.15) is 60.0 Å². The summed E-state index contributed by atoms with van der Waals surface area (Å²) < 4.78 is 18.4. The molecule has 3 aromatic heterocycles. The van der Waals surface area contributed by atoms with Crippen LogP contribution in [0.5, 0.6) is 0 Å². The normalized spacial score (nSPS) is 20.3. The van der Waals surface area contributed by atoms with Crippen LogP contribution in [0.25, 0.3) is 22.0 Å². The van der Waals surface area contributed by atoms with Crippen molar-refractivity contribution in [3.8, 4) is 11.1 Å². The van der Waals surface area contributed by atoms with E-state index in [9.17, 15) is 19.2 Å². The second kappa shape index (κ2) is 13.9. The number of carbonyl (C=O) groups is 4. The molecule has 2 aliphatic heterocycles. The van der Waals surface area contributed by atoms with E-state index in [2.05, 4.69) is 46.6 Å². The number of aryl methyl sites for hydroxylation is 2. The lowest BCUT2D eigenvalue weighted by Crippen LogP contribution is -2.45. The van der Waals surface area contributed by atoms with Crippen molar-refractivity contribution in [2.75, 3.05) is 18.4 Å². The van der Waals surface area contributed by atoms with Gasteiger partial charge in [-0.1, -0.05) is 18.2 Å². The number of halogens is 2. The van der Waals surface area contributed by atoms with Crippen molar-refractivity contribution in [2.24, 2.45) is 0 Å². The lowest BCUT2D eigenvalue weighted by Gasteiger charge is -2.24. The van der Waals surface area contributed by atoms with Gasteiger partial charge in [0, 0.05) is 43.1 Å². The largest absolute Gasteiger partial charge is 0.353 e. The molecule has 49 heavy (non-hydrogen) atoms. The number of anilines is 1. The molecule has 5 heterocycles. The molecule has 1 saturated heterocycles. The number of nitrogens with zero attached hydrogens (tertiary/aromatic N) is 6. The molecule has 1 fully saturated rings. The molecule has 0 unspecified atom stereocenters. The smallest absolute Gasteiger partial charge is 0.248 e. The summed E-state index contributed by atoms with van der Waals surface area (Å²) in [4.78, 5) is 67.6. The van der Waals surface area contributed by atoms with Crippen molar-refractivity contribution in [1.29, 1.82) is 0 Å². The average Bonchev–Trinajstić information content (AvgIpc) is 3.62. The topological polar surface area (TPSA) is 152 Å². The van der Waals surface area contributed by atoms with Gasteiger partial charge in [0.25, 0.3) is 0 Å². The van der Waals surface area contributed by atoms with Gasteiger partial charge >= 0.3 is 0 Å². The number of Topliss-reactive ketones (excluding diaryl/α,β-unsaturated/α-hetero) is 1. The monoisotopic (exact) mass is 730 g/mol. The van der Waals surface area contributed by atoms with E-state index in [0.717, 1.165) is 16.7 Å². The van der Waals surface area contributed by atoms with Crippen molar-refractivity contribution in [3.05, 3.63) is 76.1 Å². The standard InChI is InChI=1S/C35H36BrFN8O4/c1-20-10-11-28(36)41-33(20)42-34(49)27-14-35(37)18-40-29(47)9-7-5-4-6-8-23-12-24(25-15-38-22(3)39-16-25)13-26-31(21(2)46)43-45(32(23)26)17-30(48)44(27)19-35/h4,6,10-13,15-16,27H,5,7-9,14,17-19H2,1-3H3,(H,40,47)(H,41,42,49)/t27-,35-/m0/s1. The number of pyridine rings is 1. The molecule has 2 bridgehead atoms. The van der Waals surface area contributed by atoms with Gasteiger partial charge in [0.2, 0.25) is 17.7 Å². The number of amides is 3. The summed E-state index contributed by atoms with van der Waals surface area (Å²) in [7, 11) is 0. The lowest BCUT2D eigenvalue weighted by molar-refractivity contribution is -0.137. The molecule has 1 aromatic carbocycles. The first kappa shape index (κ1) is 34.0. The summed E-state index contributed by atoms with van der Waals surface area (Å²) in [5.41, 5.74) is 1.72. The number of hydrogen-bond acceptors (Lipinski definition) is 8. The fourth-order valence-electron chi connectivity index (χ4n) is 6.31. The van der Waals surface area contributed by atoms with E-state index in [1.807, 2.05) is 24.3 Å². The van der Waals surface area contributed by atoms with E-state index in [1.165, 1.54) is 16.5 Å². The number of alkyl halides is 1. The van der Waals surface area contributed by atoms with Gasteiger partial charge in [0.15, 0.2) is 5.78 Å². The molecule has 0 aliphatic carbocycles. The average molecular weight is 732 g/mol. The first-order chi connectivity index (χ1) is 23.4. The Hall–Kier alpha value is -4.85. The molecule has 2 atom stereocenters. The Labute approximate surface area is 290 Å². The fraction of sp³-hybridized carbons (Fsp3) is 0.371. The zero-order chi connectivity index (χ0) is 34.9. The van der Waals surface area contributed by atoms with E-state index in [4.69, 9.17) is 0 Å². The minimum atomic E-state index is -2.06. The van der Waals surface area contributed by atoms with Crippen LogP contribution < -0.4 is 10.6 Å². The van der Waals surface area contributed by atoms with Crippen molar-refractivity contribution in [1.82, 2.24) is 34.9 Å². The van der Waals surface area contributed by atoms with Gasteiger partial charge in [-0.05, 0) is 83.9 Å². The van der Waals surface area contributed by atoms with Crippen molar-refractivity contribution >= 4 is 56.2 Å². The van der Waals surface area contributed by atoms with Crippen LogP contribution >= 0.6 is 15.9 Å². The highest BCUT2D eigenvalue weighted by Gasteiger charge is 2.49. The maximum atomic E-state index is 16.5. The van der Waals surface area contributed by atoms with Crippen molar-refractivity contribution in [2.45, 2.75) is 71.1 Å². The molecule has 2 aliphatic rings. The summed E-state index contributed by atoms with van der Waals surface area (Å²) in [5.74, 6) is -0.857. The first-order valence-electron chi connectivity index (χ1n) is 16.1. The number of rotatable bonds is 4. The van der Waals surface area contributed by atoms with E-state index in [-0.39, 0.29) is 49.1 Å². The Balaban J connectivity index is 1.43. The van der Waals surface area contributed by atoms with Crippen LogP contribution in [0, 0.1) is 13.8 Å². The number of aromatic nitrogens is 5. The lowest BCUT2D eigenvalue weighted by atomic mass is 9.98. The third-order valence-electron chi connectivity index (χ3n) is 8.85. The number of nitrogens with one attached hydrogen (secondary N) is 2. The van der Waals surface area contributed by atoms with Gasteiger partial charge in [-0.25, -0.2) is 19.3 Å². The Morgan fingerprint density at radius 1 is 1.10 bits per heavy atom. The van der Waals surface area contributed by atoms with Gasteiger partial charge in [-0.2, -0.15) is 5.10 Å². The summed E-state index contributed by atoms with van der Waals surface area (Å²) in [6.07, 6.45) is 8.88. The Morgan fingerprint density at radius 2 is 1.88 bits per heavy atom. The van der Waals surface area contributed by atoms with Crippen LogP contribution in [0.4, 0.5) is 10.2 Å². The molecule has 12 nitrogen and oxygen atoms in total. The van der Waals surface area contributed by atoms with E-state index >= 15 is 4.39 Å². The highest BCUT2D eigenvalue weighted by atomic mass is 79.9. The Kier molecular flexibility index (Phi) is 9.68. The Bertz CT molecular complexity index is 2000.